The maximum Gasteiger partial charge on any atom is 0.200 e. The molecule has 0 aliphatic rings. The van der Waals surface area contributed by atoms with Crippen molar-refractivity contribution in [2.45, 2.75) is 9.79 Å². The third-order valence-corrected chi connectivity index (χ3v) is 5.29. The van der Waals surface area contributed by atoms with E-state index < -0.39 is 0 Å². The molecule has 0 spiro atoms. The van der Waals surface area contributed by atoms with Crippen LogP contribution in [0.5, 0.6) is 0 Å². The first-order chi connectivity index (χ1) is 10.6. The number of nitrogens with two attached hydrogens (primary N) is 1. The third-order valence-electron chi connectivity index (χ3n) is 3.16. The highest BCUT2D eigenvalue weighted by molar-refractivity contribution is 9.10. The molecule has 0 unspecified atom stereocenters. The van der Waals surface area contributed by atoms with Crippen LogP contribution in [-0.4, -0.2) is 25.5 Å². The van der Waals surface area contributed by atoms with E-state index in [-0.39, 0.29) is 0 Å². The maximum atomic E-state index is 6.17. The van der Waals surface area contributed by atoms with Crippen LogP contribution in [0.1, 0.15) is 0 Å². The molecule has 0 amide bonds. The summed E-state index contributed by atoms with van der Waals surface area (Å²) in [6.45, 7) is 0. The number of hydrogen-bond donors (Lipinski definition) is 1. The van der Waals surface area contributed by atoms with Crippen LogP contribution < -0.4 is 10.6 Å². The van der Waals surface area contributed by atoms with Gasteiger partial charge in [-0.3, -0.25) is 9.89 Å². The zero-order chi connectivity index (χ0) is 16.1. The van der Waals surface area contributed by atoms with Crippen molar-refractivity contribution in [1.29, 1.82) is 0 Å². The van der Waals surface area contributed by atoms with E-state index in [9.17, 15) is 0 Å². The molecule has 3 nitrogen and oxygen atoms in total. The van der Waals surface area contributed by atoms with Crippen LogP contribution in [0.25, 0.3) is 0 Å². The van der Waals surface area contributed by atoms with Crippen LogP contribution in [-0.2, 0) is 0 Å². The predicted molar refractivity (Wildman–Crippen MR) is 104 cm³/mol. The van der Waals surface area contributed by atoms with Crippen LogP contribution in [0, 0.1) is 0 Å². The lowest BCUT2D eigenvalue weighted by Crippen LogP contribution is -2.33. The SMILES string of the molecule is CN=C(N)N(c1cccc(SC)c1)c1cc(SC)ccc1Br. The number of thioether (sulfide) groups is 2. The van der Waals surface area contributed by atoms with E-state index in [2.05, 4.69) is 57.7 Å². The largest absolute Gasteiger partial charge is 0.369 e. The van der Waals surface area contributed by atoms with Gasteiger partial charge in [0.15, 0.2) is 5.96 Å². The van der Waals surface area contributed by atoms with Gasteiger partial charge < -0.3 is 5.73 Å². The molecule has 0 radical (unpaired) electrons. The van der Waals surface area contributed by atoms with Crippen molar-refractivity contribution in [3.8, 4) is 0 Å². The maximum absolute atomic E-state index is 6.17. The second kappa shape index (κ2) is 7.94. The Morgan fingerprint density at radius 2 is 1.77 bits per heavy atom. The van der Waals surface area contributed by atoms with Crippen molar-refractivity contribution >= 4 is 56.8 Å². The summed E-state index contributed by atoms with van der Waals surface area (Å²) in [5.41, 5.74) is 8.15. The van der Waals surface area contributed by atoms with Crippen LogP contribution in [0.4, 0.5) is 11.4 Å². The molecule has 0 saturated carbocycles. The van der Waals surface area contributed by atoms with E-state index in [1.54, 1.807) is 30.6 Å². The smallest absolute Gasteiger partial charge is 0.200 e. The molecule has 2 N–H and O–H groups in total. The van der Waals surface area contributed by atoms with Crippen molar-refractivity contribution in [2.24, 2.45) is 10.7 Å². The number of halogens is 1. The molecule has 22 heavy (non-hydrogen) atoms. The molecule has 0 aliphatic heterocycles. The molecule has 0 bridgehead atoms. The summed E-state index contributed by atoms with van der Waals surface area (Å²) in [6.07, 6.45) is 4.12. The Bertz CT molecular complexity index is 689. The lowest BCUT2D eigenvalue weighted by atomic mass is 10.2. The summed E-state index contributed by atoms with van der Waals surface area (Å²) in [7, 11) is 1.70. The molecule has 116 valence electrons. The van der Waals surface area contributed by atoms with Crippen LogP contribution in [0.15, 0.2) is 61.7 Å². The first kappa shape index (κ1) is 17.2. The fourth-order valence-corrected chi connectivity index (χ4v) is 3.35. The monoisotopic (exact) mass is 395 g/mol. The zero-order valence-electron chi connectivity index (χ0n) is 12.7. The minimum absolute atomic E-state index is 0.456. The lowest BCUT2D eigenvalue weighted by Gasteiger charge is -2.25. The van der Waals surface area contributed by atoms with Gasteiger partial charge in [-0.15, -0.1) is 23.5 Å². The number of aliphatic imine (C=N–C) groups is 1. The summed E-state index contributed by atoms with van der Waals surface area (Å²) < 4.78 is 0.978. The standard InChI is InChI=1S/C16H18BrN3S2/c1-19-16(18)20(11-5-4-6-12(9-11)21-2)15-10-13(22-3)7-8-14(15)17/h4-10H,1-3H3,(H2,18,19). The van der Waals surface area contributed by atoms with Gasteiger partial charge in [0.25, 0.3) is 0 Å². The van der Waals surface area contributed by atoms with Crippen molar-refractivity contribution in [2.75, 3.05) is 24.5 Å². The minimum Gasteiger partial charge on any atom is -0.369 e. The molecule has 0 aliphatic carbocycles. The molecule has 0 aromatic heterocycles. The average molecular weight is 396 g/mol. The normalized spacial score (nSPS) is 11.5. The molecular weight excluding hydrogens is 378 g/mol. The quantitative estimate of drug-likeness (QED) is 0.450. The number of hydrogen-bond acceptors (Lipinski definition) is 3. The Balaban J connectivity index is 2.60. The van der Waals surface area contributed by atoms with E-state index in [4.69, 9.17) is 5.73 Å². The number of nitrogens with zero attached hydrogens (tertiary/aromatic N) is 2. The van der Waals surface area contributed by atoms with Gasteiger partial charge in [0, 0.05) is 21.3 Å². The fourth-order valence-electron chi connectivity index (χ4n) is 2.04. The van der Waals surface area contributed by atoms with E-state index in [0.717, 1.165) is 15.8 Å². The molecular formula is C16H18BrN3S2. The van der Waals surface area contributed by atoms with Gasteiger partial charge in [-0.25, -0.2) is 0 Å². The third kappa shape index (κ3) is 3.80. The van der Waals surface area contributed by atoms with Crippen LogP contribution in [0.3, 0.4) is 0 Å². The van der Waals surface area contributed by atoms with Crippen molar-refractivity contribution in [1.82, 2.24) is 0 Å². The number of anilines is 2. The Morgan fingerprint density at radius 1 is 1.09 bits per heavy atom. The highest BCUT2D eigenvalue weighted by atomic mass is 79.9. The summed E-state index contributed by atoms with van der Waals surface area (Å²) in [5, 5.41) is 0. The van der Waals surface area contributed by atoms with E-state index in [0.29, 0.717) is 5.96 Å². The second-order valence-electron chi connectivity index (χ2n) is 4.44. The molecule has 2 rings (SSSR count). The van der Waals surface area contributed by atoms with Gasteiger partial charge in [0.1, 0.15) is 0 Å². The van der Waals surface area contributed by atoms with Gasteiger partial charge in [0.2, 0.25) is 0 Å². The van der Waals surface area contributed by atoms with Crippen molar-refractivity contribution < 1.29 is 0 Å². The summed E-state index contributed by atoms with van der Waals surface area (Å²) in [5.74, 6) is 0.456. The Hall–Kier alpha value is -1.11. The van der Waals surface area contributed by atoms with Crippen molar-refractivity contribution in [3.05, 3.63) is 46.9 Å². The highest BCUT2D eigenvalue weighted by Crippen LogP contribution is 2.36. The van der Waals surface area contributed by atoms with Gasteiger partial charge in [-0.05, 0) is 64.8 Å². The highest BCUT2D eigenvalue weighted by Gasteiger charge is 2.17. The second-order valence-corrected chi connectivity index (χ2v) is 7.05. The molecule has 0 fully saturated rings. The Kier molecular flexibility index (Phi) is 6.23. The fraction of sp³-hybridized carbons (Fsp3) is 0.188. The topological polar surface area (TPSA) is 41.6 Å². The summed E-state index contributed by atoms with van der Waals surface area (Å²) in [4.78, 5) is 8.50. The van der Waals surface area contributed by atoms with E-state index in [1.807, 2.05) is 23.1 Å². The summed E-state index contributed by atoms with van der Waals surface area (Å²) >= 11 is 7.03. The molecule has 0 heterocycles. The average Bonchev–Trinajstić information content (AvgIpc) is 2.56. The van der Waals surface area contributed by atoms with Crippen molar-refractivity contribution in [3.63, 3.8) is 0 Å². The molecule has 0 saturated heterocycles. The van der Waals surface area contributed by atoms with Crippen LogP contribution >= 0.6 is 39.5 Å². The van der Waals surface area contributed by atoms with Gasteiger partial charge in [-0.1, -0.05) is 6.07 Å². The Morgan fingerprint density at radius 3 is 2.41 bits per heavy atom. The first-order valence-electron chi connectivity index (χ1n) is 6.60. The van der Waals surface area contributed by atoms with Gasteiger partial charge in [0.05, 0.1) is 11.4 Å². The Labute approximate surface area is 148 Å². The zero-order valence-corrected chi connectivity index (χ0v) is 15.9. The van der Waals surface area contributed by atoms with E-state index in [1.165, 1.54) is 9.79 Å². The van der Waals surface area contributed by atoms with Crippen LogP contribution in [0.2, 0.25) is 0 Å². The molecule has 2 aromatic carbocycles. The van der Waals surface area contributed by atoms with Gasteiger partial charge >= 0.3 is 0 Å². The minimum atomic E-state index is 0.456. The number of rotatable bonds is 4. The molecule has 0 atom stereocenters. The van der Waals surface area contributed by atoms with E-state index >= 15 is 0 Å². The lowest BCUT2D eigenvalue weighted by molar-refractivity contribution is 1.22. The predicted octanol–water partition coefficient (Wildman–Crippen LogP) is 4.98. The summed E-state index contributed by atoms with van der Waals surface area (Å²) in [6, 6.07) is 14.5. The number of guanidine groups is 1. The van der Waals surface area contributed by atoms with Gasteiger partial charge in [-0.2, -0.15) is 0 Å². The first-order valence-corrected chi connectivity index (χ1v) is 9.85. The number of benzene rings is 2. The molecule has 2 aromatic rings. The molecule has 6 heteroatoms.